The third-order valence-electron chi connectivity index (χ3n) is 3.87. The number of amides is 2. The number of thiazole rings is 1. The molecule has 18 heavy (non-hydrogen) atoms. The first kappa shape index (κ1) is 11.6. The van der Waals surface area contributed by atoms with Crippen LogP contribution in [0.4, 0.5) is 0 Å². The molecule has 96 valence electrons. The van der Waals surface area contributed by atoms with Gasteiger partial charge in [-0.15, -0.1) is 11.3 Å². The Morgan fingerprint density at radius 2 is 2.06 bits per heavy atom. The summed E-state index contributed by atoms with van der Waals surface area (Å²) < 4.78 is 0. The lowest BCUT2D eigenvalue weighted by atomic mass is 9.79. The molecule has 3 heterocycles. The van der Waals surface area contributed by atoms with Crippen molar-refractivity contribution in [1.82, 2.24) is 14.8 Å². The van der Waals surface area contributed by atoms with Crippen LogP contribution in [0, 0.1) is 5.41 Å². The topological polar surface area (TPSA) is 53.5 Å². The van der Waals surface area contributed by atoms with E-state index in [4.69, 9.17) is 0 Å². The molecule has 0 bridgehead atoms. The lowest BCUT2D eigenvalue weighted by Gasteiger charge is -2.47. The lowest BCUT2D eigenvalue weighted by molar-refractivity contribution is -0.140. The second-order valence-electron chi connectivity index (χ2n) is 5.22. The highest BCUT2D eigenvalue weighted by Gasteiger charge is 2.49. The van der Waals surface area contributed by atoms with E-state index < -0.39 is 0 Å². The number of hydrogen-bond donors (Lipinski definition) is 0. The van der Waals surface area contributed by atoms with Gasteiger partial charge in [0.2, 0.25) is 5.91 Å². The predicted molar refractivity (Wildman–Crippen MR) is 67.3 cm³/mol. The van der Waals surface area contributed by atoms with Crippen LogP contribution in [0.2, 0.25) is 0 Å². The van der Waals surface area contributed by atoms with Crippen LogP contribution in [0.1, 0.15) is 23.0 Å². The lowest BCUT2D eigenvalue weighted by Crippen LogP contribution is -2.59. The van der Waals surface area contributed by atoms with Crippen LogP contribution < -0.4 is 0 Å². The van der Waals surface area contributed by atoms with E-state index in [-0.39, 0.29) is 17.2 Å². The first-order valence-corrected chi connectivity index (χ1v) is 6.91. The second kappa shape index (κ2) is 4.05. The van der Waals surface area contributed by atoms with Crippen molar-refractivity contribution in [2.45, 2.75) is 13.3 Å². The van der Waals surface area contributed by atoms with Crippen molar-refractivity contribution in [2.75, 3.05) is 26.2 Å². The summed E-state index contributed by atoms with van der Waals surface area (Å²) in [7, 11) is 0. The van der Waals surface area contributed by atoms with Crippen molar-refractivity contribution in [2.24, 2.45) is 5.41 Å². The molecule has 2 aliphatic rings. The zero-order valence-corrected chi connectivity index (χ0v) is 11.1. The summed E-state index contributed by atoms with van der Waals surface area (Å²) in [4.78, 5) is 31.8. The minimum Gasteiger partial charge on any atom is -0.342 e. The molecule has 0 unspecified atom stereocenters. The fraction of sp³-hybridized carbons (Fsp3) is 0.583. The minimum absolute atomic E-state index is 0.0793. The van der Waals surface area contributed by atoms with Crippen LogP contribution in [0.15, 0.2) is 11.7 Å². The highest BCUT2D eigenvalue weighted by Crippen LogP contribution is 2.40. The van der Waals surface area contributed by atoms with Crippen molar-refractivity contribution in [3.05, 3.63) is 16.6 Å². The molecule has 1 aromatic heterocycles. The van der Waals surface area contributed by atoms with Gasteiger partial charge in [0.25, 0.3) is 5.91 Å². The highest BCUT2D eigenvalue weighted by atomic mass is 32.1. The summed E-state index contributed by atoms with van der Waals surface area (Å²) in [6.07, 6.45) is 2.63. The Morgan fingerprint density at radius 1 is 1.33 bits per heavy atom. The quantitative estimate of drug-likeness (QED) is 0.756. The van der Waals surface area contributed by atoms with E-state index in [0.29, 0.717) is 4.88 Å². The van der Waals surface area contributed by atoms with E-state index in [0.717, 1.165) is 32.6 Å². The largest absolute Gasteiger partial charge is 0.342 e. The standard InChI is InChI=1S/C12H15N3O2S/c1-9(16)15-6-12(7-15)2-3-14(5-12)11(17)10-4-13-8-18-10/h4,8H,2-3,5-7H2,1H3. The van der Waals surface area contributed by atoms with Gasteiger partial charge in [-0.05, 0) is 6.42 Å². The van der Waals surface area contributed by atoms with Crippen molar-refractivity contribution < 1.29 is 9.59 Å². The van der Waals surface area contributed by atoms with E-state index in [9.17, 15) is 9.59 Å². The van der Waals surface area contributed by atoms with Crippen LogP contribution in [0.5, 0.6) is 0 Å². The molecule has 0 radical (unpaired) electrons. The van der Waals surface area contributed by atoms with Gasteiger partial charge >= 0.3 is 0 Å². The first-order chi connectivity index (χ1) is 8.60. The molecule has 2 saturated heterocycles. The summed E-state index contributed by atoms with van der Waals surface area (Å²) in [5.74, 6) is 0.212. The van der Waals surface area contributed by atoms with Gasteiger partial charge < -0.3 is 9.80 Å². The van der Waals surface area contributed by atoms with Gasteiger partial charge in [-0.3, -0.25) is 14.6 Å². The Bertz CT molecular complexity index is 480. The Kier molecular flexibility index (Phi) is 2.62. The maximum atomic E-state index is 12.2. The third kappa shape index (κ3) is 1.80. The molecule has 0 aromatic carbocycles. The van der Waals surface area contributed by atoms with E-state index >= 15 is 0 Å². The van der Waals surface area contributed by atoms with Crippen molar-refractivity contribution in [1.29, 1.82) is 0 Å². The normalized spacial score (nSPS) is 21.2. The molecule has 1 aromatic rings. The fourth-order valence-electron chi connectivity index (χ4n) is 2.83. The SMILES string of the molecule is CC(=O)N1CC2(CCN(C(=O)c3cncs3)C2)C1. The number of aromatic nitrogens is 1. The fourth-order valence-corrected chi connectivity index (χ4v) is 3.42. The van der Waals surface area contributed by atoms with Gasteiger partial charge in [-0.2, -0.15) is 0 Å². The number of likely N-dealkylation sites (tertiary alicyclic amines) is 2. The van der Waals surface area contributed by atoms with Gasteiger partial charge in [0, 0.05) is 38.5 Å². The van der Waals surface area contributed by atoms with Gasteiger partial charge in [0.1, 0.15) is 4.88 Å². The van der Waals surface area contributed by atoms with Crippen LogP contribution in [-0.2, 0) is 4.79 Å². The third-order valence-corrected chi connectivity index (χ3v) is 4.63. The molecule has 0 atom stereocenters. The maximum absolute atomic E-state index is 12.2. The van der Waals surface area contributed by atoms with Crippen molar-refractivity contribution >= 4 is 23.2 Å². The van der Waals surface area contributed by atoms with Gasteiger partial charge in [-0.1, -0.05) is 0 Å². The summed E-state index contributed by atoms with van der Waals surface area (Å²) >= 11 is 1.38. The number of rotatable bonds is 1. The van der Waals surface area contributed by atoms with Crippen LogP contribution in [0.3, 0.4) is 0 Å². The Labute approximate surface area is 109 Å². The molecule has 0 N–H and O–H groups in total. The molecular formula is C12H15N3O2S. The Balaban J connectivity index is 1.63. The van der Waals surface area contributed by atoms with Crippen molar-refractivity contribution in [3.8, 4) is 0 Å². The van der Waals surface area contributed by atoms with Crippen LogP contribution in [-0.4, -0.2) is 52.8 Å². The number of nitrogens with zero attached hydrogens (tertiary/aromatic N) is 3. The highest BCUT2D eigenvalue weighted by molar-refractivity contribution is 7.11. The maximum Gasteiger partial charge on any atom is 0.265 e. The summed E-state index contributed by atoms with van der Waals surface area (Å²) in [5, 5.41) is 0. The number of hydrogen-bond acceptors (Lipinski definition) is 4. The Morgan fingerprint density at radius 3 is 2.67 bits per heavy atom. The van der Waals surface area contributed by atoms with E-state index in [2.05, 4.69) is 4.98 Å². The zero-order valence-electron chi connectivity index (χ0n) is 10.3. The Hall–Kier alpha value is -1.43. The molecule has 2 fully saturated rings. The molecule has 6 heteroatoms. The average Bonchev–Trinajstić information content (AvgIpc) is 2.95. The van der Waals surface area contributed by atoms with Crippen LogP contribution >= 0.6 is 11.3 Å². The molecule has 5 nitrogen and oxygen atoms in total. The molecule has 2 amide bonds. The predicted octanol–water partition coefficient (Wildman–Crippen LogP) is 0.837. The molecule has 3 rings (SSSR count). The number of carbonyl (C=O) groups is 2. The molecular weight excluding hydrogens is 250 g/mol. The summed E-state index contributed by atoms with van der Waals surface area (Å²) in [6, 6.07) is 0. The molecule has 0 aliphatic carbocycles. The van der Waals surface area contributed by atoms with Gasteiger partial charge in [0.15, 0.2) is 0 Å². The van der Waals surface area contributed by atoms with E-state index in [1.165, 1.54) is 11.3 Å². The average molecular weight is 265 g/mol. The monoisotopic (exact) mass is 265 g/mol. The minimum atomic E-state index is 0.0793. The number of carbonyl (C=O) groups excluding carboxylic acids is 2. The first-order valence-electron chi connectivity index (χ1n) is 6.03. The zero-order chi connectivity index (χ0) is 12.8. The summed E-state index contributed by atoms with van der Waals surface area (Å²) in [5.41, 5.74) is 1.84. The van der Waals surface area contributed by atoms with E-state index in [1.807, 2.05) is 9.80 Å². The molecule has 2 aliphatic heterocycles. The molecule has 1 spiro atoms. The van der Waals surface area contributed by atoms with Crippen LogP contribution in [0.25, 0.3) is 0 Å². The second-order valence-corrected chi connectivity index (χ2v) is 6.10. The smallest absolute Gasteiger partial charge is 0.265 e. The van der Waals surface area contributed by atoms with Gasteiger partial charge in [0.05, 0.1) is 11.7 Å². The summed E-state index contributed by atoms with van der Waals surface area (Å²) in [6.45, 7) is 4.77. The molecule has 0 saturated carbocycles. The van der Waals surface area contributed by atoms with Crippen molar-refractivity contribution in [3.63, 3.8) is 0 Å². The van der Waals surface area contributed by atoms with E-state index in [1.54, 1.807) is 18.6 Å². The van der Waals surface area contributed by atoms with Gasteiger partial charge in [-0.25, -0.2) is 0 Å².